The van der Waals surface area contributed by atoms with Crippen LogP contribution in [0.1, 0.15) is 37.8 Å². The molecule has 3 rings (SSSR count). The van der Waals surface area contributed by atoms with Gasteiger partial charge >= 0.3 is 5.76 Å². The van der Waals surface area contributed by atoms with Crippen LogP contribution >= 0.6 is 0 Å². The van der Waals surface area contributed by atoms with Gasteiger partial charge in [-0.2, -0.15) is 0 Å². The lowest BCUT2D eigenvalue weighted by molar-refractivity contribution is -0.384. The number of nitro groups is 1. The van der Waals surface area contributed by atoms with E-state index in [1.807, 2.05) is 18.2 Å². The summed E-state index contributed by atoms with van der Waals surface area (Å²) in [6, 6.07) is 12.1. The van der Waals surface area contributed by atoms with E-state index >= 15 is 0 Å². The van der Waals surface area contributed by atoms with Crippen molar-refractivity contribution in [3.8, 4) is 0 Å². The van der Waals surface area contributed by atoms with Crippen LogP contribution in [0.5, 0.6) is 0 Å². The van der Waals surface area contributed by atoms with Crippen LogP contribution in [0.25, 0.3) is 11.1 Å². The lowest BCUT2D eigenvalue weighted by atomic mass is 10.1. The molecular formula is C23H28N4O5. The Balaban J connectivity index is 1.55. The van der Waals surface area contributed by atoms with E-state index in [1.165, 1.54) is 28.3 Å². The normalized spacial score (nSPS) is 11.2. The third kappa shape index (κ3) is 5.61. The van der Waals surface area contributed by atoms with E-state index in [-0.39, 0.29) is 30.1 Å². The molecule has 32 heavy (non-hydrogen) atoms. The third-order valence-corrected chi connectivity index (χ3v) is 5.53. The molecule has 1 aromatic heterocycles. The Morgan fingerprint density at radius 2 is 1.88 bits per heavy atom. The molecule has 1 amide bonds. The smallest absolute Gasteiger partial charge is 0.407 e. The molecule has 1 heterocycles. The summed E-state index contributed by atoms with van der Waals surface area (Å²) in [5.74, 6) is -0.689. The van der Waals surface area contributed by atoms with Crippen LogP contribution in [0.3, 0.4) is 0 Å². The number of nitrogens with zero attached hydrogens (tertiary/aromatic N) is 3. The van der Waals surface area contributed by atoms with Gasteiger partial charge in [-0.15, -0.1) is 0 Å². The molecule has 0 aliphatic rings. The SMILES string of the molecule is CCN(CC)Cc1ccccc1CNC(=O)CCCn1c(=O)oc2cc([N+](=O)[O-])ccc21. The van der Waals surface area contributed by atoms with Gasteiger partial charge in [0.05, 0.1) is 16.5 Å². The molecule has 170 valence electrons. The van der Waals surface area contributed by atoms with E-state index in [4.69, 9.17) is 4.42 Å². The Labute approximate surface area is 185 Å². The molecule has 3 aromatic rings. The average molecular weight is 441 g/mol. The van der Waals surface area contributed by atoms with Crippen LogP contribution in [-0.2, 0) is 24.4 Å². The number of nitro benzene ring substituents is 1. The summed E-state index contributed by atoms with van der Waals surface area (Å²) in [6.07, 6.45) is 0.697. The number of aromatic nitrogens is 1. The van der Waals surface area contributed by atoms with Crippen LogP contribution in [0.15, 0.2) is 51.7 Å². The van der Waals surface area contributed by atoms with E-state index in [0.717, 1.165) is 25.2 Å². The van der Waals surface area contributed by atoms with E-state index < -0.39 is 10.7 Å². The molecule has 0 saturated carbocycles. The fraction of sp³-hybridized carbons (Fsp3) is 0.391. The highest BCUT2D eigenvalue weighted by Gasteiger charge is 2.14. The van der Waals surface area contributed by atoms with Crippen molar-refractivity contribution in [2.75, 3.05) is 13.1 Å². The van der Waals surface area contributed by atoms with E-state index in [0.29, 0.717) is 18.5 Å². The molecule has 0 radical (unpaired) electrons. The number of fused-ring (bicyclic) bond motifs is 1. The number of aryl methyl sites for hydroxylation is 1. The highest BCUT2D eigenvalue weighted by atomic mass is 16.6. The third-order valence-electron chi connectivity index (χ3n) is 5.53. The fourth-order valence-corrected chi connectivity index (χ4v) is 3.63. The molecule has 1 N–H and O–H groups in total. The minimum Gasteiger partial charge on any atom is -0.407 e. The molecule has 0 fully saturated rings. The lowest BCUT2D eigenvalue weighted by Crippen LogP contribution is -2.26. The molecule has 0 spiro atoms. The van der Waals surface area contributed by atoms with Crippen molar-refractivity contribution in [2.24, 2.45) is 0 Å². The number of hydrogen-bond donors (Lipinski definition) is 1. The summed E-state index contributed by atoms with van der Waals surface area (Å²) in [5.41, 5.74) is 2.79. The Morgan fingerprint density at radius 1 is 1.16 bits per heavy atom. The van der Waals surface area contributed by atoms with Gasteiger partial charge in [0.15, 0.2) is 5.58 Å². The second kappa shape index (κ2) is 10.7. The van der Waals surface area contributed by atoms with Gasteiger partial charge in [-0.25, -0.2) is 4.79 Å². The number of rotatable bonds is 11. The minimum absolute atomic E-state index is 0.0980. The van der Waals surface area contributed by atoms with Gasteiger partial charge in [0.2, 0.25) is 5.91 Å². The highest BCUT2D eigenvalue weighted by Crippen LogP contribution is 2.20. The van der Waals surface area contributed by atoms with Gasteiger partial charge in [0.25, 0.3) is 5.69 Å². The Kier molecular flexibility index (Phi) is 7.77. The van der Waals surface area contributed by atoms with Crippen molar-refractivity contribution >= 4 is 22.7 Å². The van der Waals surface area contributed by atoms with Crippen molar-refractivity contribution < 1.29 is 14.1 Å². The van der Waals surface area contributed by atoms with E-state index in [1.54, 1.807) is 0 Å². The summed E-state index contributed by atoms with van der Waals surface area (Å²) in [6.45, 7) is 7.77. The van der Waals surface area contributed by atoms with E-state index in [2.05, 4.69) is 30.1 Å². The second-order valence-corrected chi connectivity index (χ2v) is 7.54. The van der Waals surface area contributed by atoms with Crippen molar-refractivity contribution in [2.45, 2.75) is 46.3 Å². The number of carbonyl (C=O) groups excluding carboxylic acids is 1. The van der Waals surface area contributed by atoms with E-state index in [9.17, 15) is 19.7 Å². The largest absolute Gasteiger partial charge is 0.419 e. The molecule has 0 unspecified atom stereocenters. The number of nitrogens with one attached hydrogen (secondary N) is 1. The van der Waals surface area contributed by atoms with Gasteiger partial charge in [-0.05, 0) is 36.7 Å². The first-order chi connectivity index (χ1) is 15.4. The summed E-state index contributed by atoms with van der Waals surface area (Å²) >= 11 is 0. The first kappa shape index (κ1) is 23.2. The van der Waals surface area contributed by atoms with Gasteiger partial charge in [0, 0.05) is 32.1 Å². The number of carbonyl (C=O) groups is 1. The molecule has 9 nitrogen and oxygen atoms in total. The molecule has 0 atom stereocenters. The number of hydrogen-bond acceptors (Lipinski definition) is 6. The van der Waals surface area contributed by atoms with Gasteiger partial charge in [-0.1, -0.05) is 38.1 Å². The molecule has 9 heteroatoms. The monoisotopic (exact) mass is 440 g/mol. The number of amides is 1. The van der Waals surface area contributed by atoms with Crippen molar-refractivity contribution in [3.63, 3.8) is 0 Å². The summed E-state index contributed by atoms with van der Waals surface area (Å²) in [7, 11) is 0. The molecule has 0 aliphatic carbocycles. The second-order valence-electron chi connectivity index (χ2n) is 7.54. The molecule has 0 bridgehead atoms. The number of non-ortho nitro benzene ring substituents is 1. The Hall–Kier alpha value is -3.46. The van der Waals surface area contributed by atoms with Crippen LogP contribution in [0.4, 0.5) is 5.69 Å². The van der Waals surface area contributed by atoms with Crippen molar-refractivity contribution in [1.82, 2.24) is 14.8 Å². The first-order valence-corrected chi connectivity index (χ1v) is 10.8. The molecule has 2 aromatic carbocycles. The lowest BCUT2D eigenvalue weighted by Gasteiger charge is -2.20. The summed E-state index contributed by atoms with van der Waals surface area (Å²) in [5, 5.41) is 13.8. The maximum Gasteiger partial charge on any atom is 0.419 e. The first-order valence-electron chi connectivity index (χ1n) is 10.8. The molecule has 0 aliphatic heterocycles. The maximum atomic E-state index is 12.4. The average Bonchev–Trinajstić information content (AvgIpc) is 3.10. The standard InChI is InChI=1S/C23H28N4O5/c1-3-25(4-2)16-18-9-6-5-8-17(18)15-24-22(28)10-7-13-26-20-12-11-19(27(30)31)14-21(20)32-23(26)29/h5-6,8-9,11-12,14H,3-4,7,10,13,15-16H2,1-2H3,(H,24,28). The van der Waals surface area contributed by atoms with Crippen LogP contribution < -0.4 is 11.1 Å². The van der Waals surface area contributed by atoms with Gasteiger partial charge < -0.3 is 9.73 Å². The predicted octanol–water partition coefficient (Wildman–Crippen LogP) is 3.44. The Bertz CT molecular complexity index is 1150. The quantitative estimate of drug-likeness (QED) is 0.361. The van der Waals surface area contributed by atoms with Crippen LogP contribution in [0, 0.1) is 10.1 Å². The van der Waals surface area contributed by atoms with Gasteiger partial charge in [-0.3, -0.25) is 24.4 Å². The molecular weight excluding hydrogens is 412 g/mol. The topological polar surface area (TPSA) is 111 Å². The number of benzene rings is 2. The van der Waals surface area contributed by atoms with Gasteiger partial charge in [0.1, 0.15) is 0 Å². The minimum atomic E-state index is -0.591. The molecule has 0 saturated heterocycles. The van der Waals surface area contributed by atoms with Crippen molar-refractivity contribution in [3.05, 3.63) is 74.3 Å². The summed E-state index contributed by atoms with van der Waals surface area (Å²) in [4.78, 5) is 37.1. The van der Waals surface area contributed by atoms with Crippen molar-refractivity contribution in [1.29, 1.82) is 0 Å². The highest BCUT2D eigenvalue weighted by molar-refractivity contribution is 5.76. The van der Waals surface area contributed by atoms with Crippen LogP contribution in [0.2, 0.25) is 0 Å². The predicted molar refractivity (Wildman–Crippen MR) is 121 cm³/mol. The Morgan fingerprint density at radius 3 is 2.56 bits per heavy atom. The zero-order chi connectivity index (χ0) is 23.1. The van der Waals surface area contributed by atoms with Crippen LogP contribution in [-0.4, -0.2) is 33.4 Å². The zero-order valence-corrected chi connectivity index (χ0v) is 18.4. The fourth-order valence-electron chi connectivity index (χ4n) is 3.63. The summed E-state index contributed by atoms with van der Waals surface area (Å²) < 4.78 is 6.51. The maximum absolute atomic E-state index is 12.4. The number of oxazole rings is 1. The zero-order valence-electron chi connectivity index (χ0n) is 18.4.